The number of phenolic OH excluding ortho intramolecular Hbond substituents is 1. The van der Waals surface area contributed by atoms with Crippen molar-refractivity contribution in [1.82, 2.24) is 0 Å². The summed E-state index contributed by atoms with van der Waals surface area (Å²) in [6.45, 7) is 0. The number of benzene rings is 3. The second-order valence-electron chi connectivity index (χ2n) is 5.14. The molecule has 0 fully saturated rings. The van der Waals surface area contributed by atoms with Crippen molar-refractivity contribution in [2.45, 2.75) is 0 Å². The van der Waals surface area contributed by atoms with Gasteiger partial charge in [0.25, 0.3) is 5.91 Å². The topological polar surface area (TPSA) is 58.6 Å². The highest BCUT2D eigenvalue weighted by Crippen LogP contribution is 2.35. The Labute approximate surface area is 155 Å². The Kier molecular flexibility index (Phi) is 4.78. The molecule has 3 aromatic carbocycles. The van der Waals surface area contributed by atoms with Crippen LogP contribution >= 0.6 is 31.9 Å². The van der Waals surface area contributed by atoms with Crippen LogP contribution in [0, 0.1) is 0 Å². The molecule has 0 saturated carbocycles. The maximum Gasteiger partial charge on any atom is 0.259 e. The van der Waals surface area contributed by atoms with E-state index < -0.39 is 0 Å². The summed E-state index contributed by atoms with van der Waals surface area (Å²) in [6, 6.07) is 14.7. The van der Waals surface area contributed by atoms with E-state index in [-0.39, 0.29) is 11.7 Å². The molecule has 0 atom stereocenters. The second kappa shape index (κ2) is 6.83. The summed E-state index contributed by atoms with van der Waals surface area (Å²) in [5.41, 5.74) is 0.989. The molecule has 0 aliphatic rings. The number of methoxy groups -OCH3 is 1. The lowest BCUT2D eigenvalue weighted by Gasteiger charge is -2.12. The van der Waals surface area contributed by atoms with Crippen molar-refractivity contribution >= 4 is 54.2 Å². The van der Waals surface area contributed by atoms with Gasteiger partial charge in [0.05, 0.1) is 21.6 Å². The fraction of sp³-hybridized carbons (Fsp3) is 0.0556. The molecule has 0 spiro atoms. The maximum atomic E-state index is 12.7. The monoisotopic (exact) mass is 449 g/mol. The Hall–Kier alpha value is -2.05. The highest BCUT2D eigenvalue weighted by molar-refractivity contribution is 9.11. The van der Waals surface area contributed by atoms with Crippen LogP contribution in [0.25, 0.3) is 10.8 Å². The number of ether oxygens (including phenoxy) is 1. The molecule has 3 aromatic rings. The quantitative estimate of drug-likeness (QED) is 0.530. The zero-order chi connectivity index (χ0) is 17.3. The van der Waals surface area contributed by atoms with Gasteiger partial charge in [0.1, 0.15) is 11.5 Å². The third-order valence-electron chi connectivity index (χ3n) is 3.59. The van der Waals surface area contributed by atoms with Gasteiger partial charge in [0, 0.05) is 5.69 Å². The molecule has 3 rings (SSSR count). The van der Waals surface area contributed by atoms with Gasteiger partial charge < -0.3 is 15.2 Å². The average Bonchev–Trinajstić information content (AvgIpc) is 2.58. The zero-order valence-corrected chi connectivity index (χ0v) is 15.8. The molecule has 0 saturated heterocycles. The third-order valence-corrected chi connectivity index (χ3v) is 4.80. The van der Waals surface area contributed by atoms with Gasteiger partial charge in [-0.1, -0.05) is 24.3 Å². The van der Waals surface area contributed by atoms with Gasteiger partial charge >= 0.3 is 0 Å². The average molecular weight is 451 g/mol. The van der Waals surface area contributed by atoms with Crippen LogP contribution in [0.2, 0.25) is 0 Å². The molecule has 0 bridgehead atoms. The van der Waals surface area contributed by atoms with Crippen LogP contribution in [-0.2, 0) is 0 Å². The Morgan fingerprint density at radius 3 is 2.21 bits per heavy atom. The van der Waals surface area contributed by atoms with Crippen LogP contribution in [0.3, 0.4) is 0 Å². The minimum atomic E-state index is -0.290. The first kappa shape index (κ1) is 16.8. The molecule has 2 N–H and O–H groups in total. The van der Waals surface area contributed by atoms with Crippen molar-refractivity contribution in [3.8, 4) is 11.5 Å². The Balaban J connectivity index is 1.99. The van der Waals surface area contributed by atoms with Gasteiger partial charge in [-0.3, -0.25) is 4.79 Å². The summed E-state index contributed by atoms with van der Waals surface area (Å²) in [5, 5.41) is 14.5. The van der Waals surface area contributed by atoms with Crippen molar-refractivity contribution in [3.05, 3.63) is 63.0 Å². The number of phenols is 1. The molecule has 122 valence electrons. The normalized spacial score (nSPS) is 10.6. The number of hydrogen-bond acceptors (Lipinski definition) is 3. The van der Waals surface area contributed by atoms with Crippen molar-refractivity contribution in [2.75, 3.05) is 12.4 Å². The summed E-state index contributed by atoms with van der Waals surface area (Å²) >= 11 is 6.50. The van der Waals surface area contributed by atoms with E-state index >= 15 is 0 Å². The van der Waals surface area contributed by atoms with Crippen molar-refractivity contribution in [1.29, 1.82) is 0 Å². The number of carbonyl (C=O) groups is 1. The Morgan fingerprint density at radius 1 is 1.04 bits per heavy atom. The number of fused-ring (bicyclic) bond motifs is 1. The summed E-state index contributed by atoms with van der Waals surface area (Å²) in [6.07, 6.45) is 0. The standard InChI is InChI=1S/C18H13Br2NO3/c1-24-16-7-11-5-3-2-4-10(11)6-13(16)18(23)21-12-8-14(19)17(22)15(20)9-12/h2-9,22H,1H3,(H,21,23). The van der Waals surface area contributed by atoms with E-state index in [2.05, 4.69) is 37.2 Å². The van der Waals surface area contributed by atoms with Gasteiger partial charge in [-0.25, -0.2) is 0 Å². The fourth-order valence-electron chi connectivity index (χ4n) is 2.40. The zero-order valence-electron chi connectivity index (χ0n) is 12.6. The minimum Gasteiger partial charge on any atom is -0.506 e. The minimum absolute atomic E-state index is 0.0799. The molecular formula is C18H13Br2NO3. The number of halogens is 2. The number of carbonyl (C=O) groups excluding carboxylic acids is 1. The second-order valence-corrected chi connectivity index (χ2v) is 6.85. The molecule has 0 radical (unpaired) electrons. The third kappa shape index (κ3) is 3.25. The smallest absolute Gasteiger partial charge is 0.259 e. The van der Waals surface area contributed by atoms with Crippen LogP contribution in [0.15, 0.2) is 57.5 Å². The maximum absolute atomic E-state index is 12.7. The van der Waals surface area contributed by atoms with E-state index in [1.807, 2.05) is 30.3 Å². The van der Waals surface area contributed by atoms with Gasteiger partial charge in [0.15, 0.2) is 0 Å². The molecule has 0 aliphatic heterocycles. The number of anilines is 1. The molecule has 0 aromatic heterocycles. The lowest BCUT2D eigenvalue weighted by Crippen LogP contribution is -2.13. The van der Waals surface area contributed by atoms with Crippen molar-refractivity contribution < 1.29 is 14.6 Å². The molecule has 6 heteroatoms. The first-order valence-corrected chi connectivity index (χ1v) is 8.64. The van der Waals surface area contributed by atoms with E-state index in [0.29, 0.717) is 25.9 Å². The fourth-order valence-corrected chi connectivity index (χ4v) is 3.59. The van der Waals surface area contributed by atoms with Gasteiger partial charge in [-0.15, -0.1) is 0 Å². The van der Waals surface area contributed by atoms with Crippen LogP contribution in [-0.4, -0.2) is 18.1 Å². The number of nitrogens with one attached hydrogen (secondary N) is 1. The van der Waals surface area contributed by atoms with Crippen LogP contribution in [0.4, 0.5) is 5.69 Å². The largest absolute Gasteiger partial charge is 0.506 e. The van der Waals surface area contributed by atoms with Crippen LogP contribution in [0.1, 0.15) is 10.4 Å². The Bertz CT molecular complexity index is 918. The first-order chi connectivity index (χ1) is 11.5. The molecule has 4 nitrogen and oxygen atoms in total. The SMILES string of the molecule is COc1cc2ccccc2cc1C(=O)Nc1cc(Br)c(O)c(Br)c1. The number of rotatable bonds is 3. The van der Waals surface area contributed by atoms with Crippen molar-refractivity contribution in [3.63, 3.8) is 0 Å². The molecule has 1 amide bonds. The number of hydrogen-bond donors (Lipinski definition) is 2. The van der Waals surface area contributed by atoms with E-state index in [9.17, 15) is 9.90 Å². The summed E-state index contributed by atoms with van der Waals surface area (Å²) in [4.78, 5) is 12.7. The lowest BCUT2D eigenvalue weighted by molar-refractivity contribution is 0.102. The lowest BCUT2D eigenvalue weighted by atomic mass is 10.1. The number of amides is 1. The van der Waals surface area contributed by atoms with Gasteiger partial charge in [-0.05, 0) is 66.9 Å². The highest BCUT2D eigenvalue weighted by Gasteiger charge is 2.15. The molecule has 0 aliphatic carbocycles. The molecule has 24 heavy (non-hydrogen) atoms. The van der Waals surface area contributed by atoms with Crippen LogP contribution in [0.5, 0.6) is 11.5 Å². The highest BCUT2D eigenvalue weighted by atomic mass is 79.9. The van der Waals surface area contributed by atoms with E-state index in [0.717, 1.165) is 10.8 Å². The van der Waals surface area contributed by atoms with E-state index in [1.54, 1.807) is 18.2 Å². The molecule has 0 unspecified atom stereocenters. The number of aromatic hydroxyl groups is 1. The summed E-state index contributed by atoms with van der Waals surface area (Å²) in [7, 11) is 1.54. The summed E-state index contributed by atoms with van der Waals surface area (Å²) < 4.78 is 6.33. The van der Waals surface area contributed by atoms with E-state index in [1.165, 1.54) is 7.11 Å². The van der Waals surface area contributed by atoms with Gasteiger partial charge in [-0.2, -0.15) is 0 Å². The van der Waals surface area contributed by atoms with E-state index in [4.69, 9.17) is 4.74 Å². The predicted octanol–water partition coefficient (Wildman–Crippen LogP) is 5.33. The van der Waals surface area contributed by atoms with Gasteiger partial charge in [0.2, 0.25) is 0 Å². The van der Waals surface area contributed by atoms with Crippen LogP contribution < -0.4 is 10.1 Å². The molecule has 0 heterocycles. The molecular weight excluding hydrogens is 438 g/mol. The first-order valence-electron chi connectivity index (χ1n) is 7.05. The van der Waals surface area contributed by atoms with Crippen molar-refractivity contribution in [2.24, 2.45) is 0 Å². The Morgan fingerprint density at radius 2 is 1.62 bits per heavy atom. The summed E-state index contributed by atoms with van der Waals surface area (Å²) in [5.74, 6) is 0.293. The predicted molar refractivity (Wildman–Crippen MR) is 102 cm³/mol.